The third-order valence-corrected chi connectivity index (χ3v) is 11.2. The number of Topliss-reactive ketones (excluding diaryl/α,β-unsaturated/α-hetero) is 1. The fraction of sp³-hybridized carbons (Fsp3) is 0.839. The zero-order valence-electron chi connectivity index (χ0n) is 26.2. The summed E-state index contributed by atoms with van der Waals surface area (Å²) in [4.78, 5) is 67.4. The van der Waals surface area contributed by atoms with Gasteiger partial charge in [-0.1, -0.05) is 73.6 Å². The Hall–Kier alpha value is -2.30. The van der Waals surface area contributed by atoms with E-state index in [1.807, 2.05) is 32.5 Å². The molecular weight excluding hydrogens is 554 g/mol. The van der Waals surface area contributed by atoms with Crippen LogP contribution >= 0.6 is 11.8 Å². The molecule has 0 bridgehead atoms. The zero-order valence-corrected chi connectivity index (χ0v) is 27.0. The number of thioether (sulfide) groups is 1. The number of rotatable bonds is 12. The first-order chi connectivity index (χ1) is 19.6. The first kappa shape index (κ1) is 32.6. The van der Waals surface area contributed by atoms with Crippen molar-refractivity contribution in [2.45, 2.75) is 117 Å². The number of nitrogens with zero attached hydrogens (tertiary/aromatic N) is 1. The van der Waals surface area contributed by atoms with Gasteiger partial charge in [0, 0.05) is 12.3 Å². The van der Waals surface area contributed by atoms with Crippen LogP contribution in [0.1, 0.15) is 92.9 Å². The number of likely N-dealkylation sites (tertiary alicyclic amines) is 1. The van der Waals surface area contributed by atoms with Gasteiger partial charge in [0.1, 0.15) is 12.1 Å². The molecule has 1 aliphatic heterocycles. The molecule has 3 aliphatic carbocycles. The maximum absolute atomic E-state index is 14.2. The number of ketones is 1. The number of hydrogen-bond acceptors (Lipinski definition) is 6. The molecule has 0 aromatic heterocycles. The molecule has 42 heavy (non-hydrogen) atoms. The van der Waals surface area contributed by atoms with E-state index in [0.717, 1.165) is 56.5 Å². The number of carbonyl (C=O) groups is 5. The molecule has 1 saturated heterocycles. The molecule has 0 radical (unpaired) electrons. The molecule has 0 spiro atoms. The molecule has 236 valence electrons. The number of hydrogen-bond donors (Lipinski definition) is 4. The number of nitrogens with two attached hydrogens (primary N) is 1. The summed E-state index contributed by atoms with van der Waals surface area (Å²) < 4.78 is 0. The van der Waals surface area contributed by atoms with Crippen LogP contribution < -0.4 is 21.7 Å². The van der Waals surface area contributed by atoms with Crippen LogP contribution in [0.2, 0.25) is 0 Å². The Morgan fingerprint density at radius 1 is 1.02 bits per heavy atom. The predicted octanol–water partition coefficient (Wildman–Crippen LogP) is 2.98. The minimum absolute atomic E-state index is 0.0715. The molecule has 4 aliphatic rings. The maximum Gasteiger partial charge on any atom is 0.315 e. The van der Waals surface area contributed by atoms with Crippen LogP contribution in [0, 0.1) is 28.6 Å². The van der Waals surface area contributed by atoms with Crippen molar-refractivity contribution in [1.29, 1.82) is 0 Å². The zero-order chi connectivity index (χ0) is 31.0. The standard InChI is InChI=1S/C31H51N5O5S/c1-7-42-17-31(13-9-8-10-14-31)35-28(41)34-24(29(2,3)4)27(40)36-16-19-21(30(19,5)6)22(36)26(39)33-20(15-18-11-12-18)23(37)25(32)38/h18-22,24H,7-17H2,1-6H3,(H2,32,38)(H,33,39)(H2,34,35,41)/t19?,20?,21?,22-,24+/m0/s1. The molecule has 1 heterocycles. The predicted molar refractivity (Wildman–Crippen MR) is 163 cm³/mol. The summed E-state index contributed by atoms with van der Waals surface area (Å²) in [5, 5.41) is 9.06. The van der Waals surface area contributed by atoms with Crippen molar-refractivity contribution in [3.63, 3.8) is 0 Å². The van der Waals surface area contributed by atoms with Crippen molar-refractivity contribution in [2.24, 2.45) is 34.3 Å². The van der Waals surface area contributed by atoms with E-state index in [2.05, 4.69) is 36.7 Å². The summed E-state index contributed by atoms with van der Waals surface area (Å²) >= 11 is 1.82. The summed E-state index contributed by atoms with van der Waals surface area (Å²) in [6, 6.07) is -3.00. The Kier molecular flexibility index (Phi) is 9.60. The molecule has 0 aromatic rings. The van der Waals surface area contributed by atoms with Crippen LogP contribution in [-0.4, -0.2) is 76.2 Å². The Morgan fingerprint density at radius 3 is 2.21 bits per heavy atom. The number of primary amides is 1. The lowest BCUT2D eigenvalue weighted by Gasteiger charge is -2.40. The normalized spacial score (nSPS) is 27.3. The van der Waals surface area contributed by atoms with Gasteiger partial charge >= 0.3 is 6.03 Å². The molecule has 3 saturated carbocycles. The summed E-state index contributed by atoms with van der Waals surface area (Å²) in [6.45, 7) is 12.4. The van der Waals surface area contributed by atoms with Crippen molar-refractivity contribution in [2.75, 3.05) is 18.1 Å². The van der Waals surface area contributed by atoms with Crippen molar-refractivity contribution in [3.05, 3.63) is 0 Å². The minimum Gasteiger partial charge on any atom is -0.363 e. The van der Waals surface area contributed by atoms with Crippen LogP contribution in [0.4, 0.5) is 4.79 Å². The van der Waals surface area contributed by atoms with E-state index in [9.17, 15) is 24.0 Å². The number of urea groups is 1. The first-order valence-electron chi connectivity index (χ1n) is 15.7. The lowest BCUT2D eigenvalue weighted by Crippen LogP contribution is -2.63. The molecule has 5 atom stereocenters. The van der Waals surface area contributed by atoms with E-state index in [4.69, 9.17) is 5.73 Å². The molecular formula is C31H51N5O5S. The lowest BCUT2D eigenvalue weighted by molar-refractivity contribution is -0.145. The fourth-order valence-corrected chi connectivity index (χ4v) is 8.17. The van der Waals surface area contributed by atoms with Crippen LogP contribution in [0.15, 0.2) is 0 Å². The van der Waals surface area contributed by atoms with Gasteiger partial charge in [0.2, 0.25) is 17.6 Å². The molecule has 4 fully saturated rings. The second-order valence-electron chi connectivity index (χ2n) is 14.7. The number of amides is 5. The second-order valence-corrected chi connectivity index (χ2v) is 16.0. The Balaban J connectivity index is 1.52. The van der Waals surface area contributed by atoms with Gasteiger partial charge in [0.15, 0.2) is 0 Å². The van der Waals surface area contributed by atoms with Gasteiger partial charge in [-0.25, -0.2) is 4.79 Å². The second kappa shape index (κ2) is 12.4. The maximum atomic E-state index is 14.2. The Bertz CT molecular complexity index is 1080. The van der Waals surface area contributed by atoms with Crippen molar-refractivity contribution < 1.29 is 24.0 Å². The van der Waals surface area contributed by atoms with Crippen LogP contribution in [0.5, 0.6) is 0 Å². The monoisotopic (exact) mass is 605 g/mol. The highest BCUT2D eigenvalue weighted by Crippen LogP contribution is 2.65. The first-order valence-corrected chi connectivity index (χ1v) is 16.9. The van der Waals surface area contributed by atoms with Gasteiger partial charge < -0.3 is 26.6 Å². The van der Waals surface area contributed by atoms with E-state index in [1.54, 1.807) is 4.90 Å². The van der Waals surface area contributed by atoms with Crippen molar-refractivity contribution >= 4 is 41.3 Å². The van der Waals surface area contributed by atoms with Gasteiger partial charge in [-0.3, -0.25) is 19.2 Å². The summed E-state index contributed by atoms with van der Waals surface area (Å²) in [6.07, 6.45) is 7.39. The van der Waals surface area contributed by atoms with Gasteiger partial charge in [-0.05, 0) is 53.6 Å². The van der Waals surface area contributed by atoms with Gasteiger partial charge in [-0.15, -0.1) is 0 Å². The highest BCUT2D eigenvalue weighted by atomic mass is 32.2. The fourth-order valence-electron chi connectivity index (χ4n) is 7.21. The van der Waals surface area contributed by atoms with E-state index in [-0.39, 0.29) is 40.6 Å². The number of nitrogens with one attached hydrogen (secondary N) is 3. The van der Waals surface area contributed by atoms with Gasteiger partial charge in [-0.2, -0.15) is 11.8 Å². The average molecular weight is 606 g/mol. The minimum atomic E-state index is -1.07. The SMILES string of the molecule is CCSCC1(NC(=O)N[C@H](C(=O)N2CC3C([C@H]2C(=O)NC(CC2CC2)C(=O)C(N)=O)C3(C)C)C(C)(C)C)CCCCC1. The highest BCUT2D eigenvalue weighted by Gasteiger charge is 2.70. The molecule has 3 unspecified atom stereocenters. The van der Waals surface area contributed by atoms with Crippen LogP contribution in [0.3, 0.4) is 0 Å². The summed E-state index contributed by atoms with van der Waals surface area (Å²) in [5.74, 6) is -0.460. The van der Waals surface area contributed by atoms with Gasteiger partial charge in [0.05, 0.1) is 11.6 Å². The molecule has 10 nitrogen and oxygen atoms in total. The van der Waals surface area contributed by atoms with Crippen LogP contribution in [0.25, 0.3) is 0 Å². The molecule has 11 heteroatoms. The Morgan fingerprint density at radius 2 is 1.67 bits per heavy atom. The van der Waals surface area contributed by atoms with Crippen LogP contribution in [-0.2, 0) is 19.2 Å². The summed E-state index contributed by atoms with van der Waals surface area (Å²) in [5.41, 5.74) is 4.26. The highest BCUT2D eigenvalue weighted by molar-refractivity contribution is 7.99. The van der Waals surface area contributed by atoms with E-state index < -0.39 is 41.1 Å². The molecule has 5 amide bonds. The van der Waals surface area contributed by atoms with Crippen molar-refractivity contribution in [3.8, 4) is 0 Å². The topological polar surface area (TPSA) is 151 Å². The molecule has 5 N–H and O–H groups in total. The molecule has 0 aromatic carbocycles. The quantitative estimate of drug-likeness (QED) is 0.251. The summed E-state index contributed by atoms with van der Waals surface area (Å²) in [7, 11) is 0. The number of piperidine rings is 1. The largest absolute Gasteiger partial charge is 0.363 e. The van der Waals surface area contributed by atoms with Gasteiger partial charge in [0.25, 0.3) is 5.91 Å². The third kappa shape index (κ3) is 7.08. The lowest BCUT2D eigenvalue weighted by atomic mass is 9.83. The number of carbonyl (C=O) groups excluding carboxylic acids is 5. The smallest absolute Gasteiger partial charge is 0.315 e. The van der Waals surface area contributed by atoms with E-state index in [1.165, 1.54) is 0 Å². The Labute approximate surface area is 254 Å². The average Bonchev–Trinajstić information content (AvgIpc) is 3.76. The molecule has 4 rings (SSSR count). The van der Waals surface area contributed by atoms with E-state index in [0.29, 0.717) is 13.0 Å². The van der Waals surface area contributed by atoms with E-state index >= 15 is 0 Å². The third-order valence-electron chi connectivity index (χ3n) is 10.1. The number of fused-ring (bicyclic) bond motifs is 1. The van der Waals surface area contributed by atoms with Crippen molar-refractivity contribution in [1.82, 2.24) is 20.9 Å².